The van der Waals surface area contributed by atoms with Crippen LogP contribution < -0.4 is 5.32 Å². The van der Waals surface area contributed by atoms with Gasteiger partial charge in [0.25, 0.3) is 0 Å². The van der Waals surface area contributed by atoms with Gasteiger partial charge in [0.05, 0.1) is 16.3 Å². The summed E-state index contributed by atoms with van der Waals surface area (Å²) in [5.41, 5.74) is 2.35. The largest absolute Gasteiger partial charge is 0.381 e. The van der Waals surface area contributed by atoms with Crippen LogP contribution in [-0.4, -0.2) is 43.0 Å². The maximum absolute atomic E-state index is 6.12. The topological polar surface area (TPSA) is 43.4 Å². The summed E-state index contributed by atoms with van der Waals surface area (Å²) in [6, 6.07) is 11.0. The third kappa shape index (κ3) is 4.29. The fraction of sp³-hybridized carbons (Fsp3) is 0.550. The molecule has 2 aliphatic rings. The van der Waals surface area contributed by atoms with Crippen molar-refractivity contribution in [3.05, 3.63) is 40.7 Å². The van der Waals surface area contributed by atoms with Crippen molar-refractivity contribution in [2.75, 3.05) is 26.4 Å². The number of hydrogen-bond acceptors (Lipinski definition) is 5. The molecule has 0 radical (unpaired) electrons. The third-order valence-corrected chi connectivity index (χ3v) is 6.20. The molecule has 2 aliphatic heterocycles. The quantitative estimate of drug-likeness (QED) is 0.886. The van der Waals surface area contributed by atoms with Crippen LogP contribution in [0.1, 0.15) is 30.7 Å². The van der Waals surface area contributed by atoms with Crippen LogP contribution >= 0.6 is 11.3 Å². The van der Waals surface area contributed by atoms with Crippen LogP contribution in [0.2, 0.25) is 0 Å². The van der Waals surface area contributed by atoms with Gasteiger partial charge in [-0.05, 0) is 25.7 Å². The average molecular weight is 359 g/mol. The molecule has 4 nitrogen and oxygen atoms in total. The van der Waals surface area contributed by atoms with Crippen molar-refractivity contribution in [1.29, 1.82) is 0 Å². The van der Waals surface area contributed by atoms with E-state index in [0.29, 0.717) is 6.04 Å². The first-order valence-electron chi connectivity index (χ1n) is 9.28. The Kier molecular flexibility index (Phi) is 5.46. The number of hydrogen-bond donors (Lipinski definition) is 1. The van der Waals surface area contributed by atoms with E-state index in [1.165, 1.54) is 10.6 Å². The van der Waals surface area contributed by atoms with E-state index in [4.69, 9.17) is 14.5 Å². The van der Waals surface area contributed by atoms with Crippen LogP contribution in [0.15, 0.2) is 35.7 Å². The second-order valence-electron chi connectivity index (χ2n) is 7.03. The van der Waals surface area contributed by atoms with Crippen LogP contribution in [0.3, 0.4) is 0 Å². The first kappa shape index (κ1) is 17.2. The van der Waals surface area contributed by atoms with Crippen molar-refractivity contribution in [2.45, 2.75) is 43.7 Å². The second-order valence-corrected chi connectivity index (χ2v) is 7.97. The van der Waals surface area contributed by atoms with Gasteiger partial charge in [-0.1, -0.05) is 30.3 Å². The average Bonchev–Trinajstić information content (AvgIpc) is 3.12. The third-order valence-electron chi connectivity index (χ3n) is 5.29. The van der Waals surface area contributed by atoms with Gasteiger partial charge < -0.3 is 14.8 Å². The Labute approximate surface area is 153 Å². The summed E-state index contributed by atoms with van der Waals surface area (Å²) in [5.74, 6) is 0. The van der Waals surface area contributed by atoms with Crippen molar-refractivity contribution in [1.82, 2.24) is 10.3 Å². The SMILES string of the molecule is c1ccc(-c2csc(CCN[C@H]3CCOC4(CCOCC4)C3)n2)cc1. The maximum atomic E-state index is 6.12. The number of nitrogens with one attached hydrogen (secondary N) is 1. The summed E-state index contributed by atoms with van der Waals surface area (Å²) in [4.78, 5) is 4.78. The summed E-state index contributed by atoms with van der Waals surface area (Å²) in [6.07, 6.45) is 5.29. The molecule has 1 N–H and O–H groups in total. The number of nitrogens with zero attached hydrogens (tertiary/aromatic N) is 1. The van der Waals surface area contributed by atoms with Gasteiger partial charge in [-0.25, -0.2) is 4.98 Å². The van der Waals surface area contributed by atoms with E-state index in [0.717, 1.165) is 64.2 Å². The van der Waals surface area contributed by atoms with Gasteiger partial charge in [0.1, 0.15) is 0 Å². The van der Waals surface area contributed by atoms with Crippen LogP contribution in [0, 0.1) is 0 Å². The van der Waals surface area contributed by atoms with Gasteiger partial charge in [0, 0.05) is 49.8 Å². The van der Waals surface area contributed by atoms with E-state index >= 15 is 0 Å². The van der Waals surface area contributed by atoms with Crippen molar-refractivity contribution in [3.63, 3.8) is 0 Å². The molecule has 1 aromatic heterocycles. The minimum Gasteiger partial charge on any atom is -0.381 e. The summed E-state index contributed by atoms with van der Waals surface area (Å²) >= 11 is 1.76. The zero-order valence-corrected chi connectivity index (χ0v) is 15.4. The molecular weight excluding hydrogens is 332 g/mol. The molecule has 1 atom stereocenters. The Morgan fingerprint density at radius 1 is 1.16 bits per heavy atom. The lowest BCUT2D eigenvalue weighted by Crippen LogP contribution is -2.50. The molecule has 2 saturated heterocycles. The minimum absolute atomic E-state index is 0.0653. The van der Waals surface area contributed by atoms with Crippen molar-refractivity contribution < 1.29 is 9.47 Å². The molecule has 0 saturated carbocycles. The molecule has 1 spiro atoms. The van der Waals surface area contributed by atoms with Crippen LogP contribution in [0.5, 0.6) is 0 Å². The number of aromatic nitrogens is 1. The maximum Gasteiger partial charge on any atom is 0.0945 e. The first-order chi connectivity index (χ1) is 12.3. The lowest BCUT2D eigenvalue weighted by atomic mass is 9.84. The summed E-state index contributed by atoms with van der Waals surface area (Å²) in [6.45, 7) is 3.54. The zero-order chi connectivity index (χ0) is 17.0. The lowest BCUT2D eigenvalue weighted by Gasteiger charge is -2.43. The molecule has 0 aliphatic carbocycles. The Balaban J connectivity index is 1.27. The molecule has 25 heavy (non-hydrogen) atoms. The first-order valence-corrected chi connectivity index (χ1v) is 10.2. The molecule has 3 heterocycles. The predicted octanol–water partition coefficient (Wildman–Crippen LogP) is 3.67. The standard InChI is InChI=1S/C20H26N2O2S/c1-2-4-16(5-3-1)18-15-25-19(22-18)6-10-21-17-7-11-24-20(14-17)8-12-23-13-9-20/h1-5,15,17,21H,6-14H2/t17-/m0/s1. The van der Waals surface area contributed by atoms with E-state index in [1.54, 1.807) is 11.3 Å². The minimum atomic E-state index is 0.0653. The van der Waals surface area contributed by atoms with E-state index in [1.807, 2.05) is 6.07 Å². The van der Waals surface area contributed by atoms with Crippen molar-refractivity contribution in [2.24, 2.45) is 0 Å². The van der Waals surface area contributed by atoms with Crippen LogP contribution in [0.25, 0.3) is 11.3 Å². The summed E-state index contributed by atoms with van der Waals surface area (Å²) in [7, 11) is 0. The van der Waals surface area contributed by atoms with Gasteiger partial charge in [-0.2, -0.15) is 0 Å². The predicted molar refractivity (Wildman–Crippen MR) is 101 cm³/mol. The molecule has 5 heteroatoms. The van der Waals surface area contributed by atoms with E-state index in [9.17, 15) is 0 Å². The monoisotopic (exact) mass is 358 g/mol. The Morgan fingerprint density at radius 2 is 2.00 bits per heavy atom. The van der Waals surface area contributed by atoms with Crippen molar-refractivity contribution >= 4 is 11.3 Å². The lowest BCUT2D eigenvalue weighted by molar-refractivity contribution is -0.140. The second kappa shape index (κ2) is 7.96. The van der Waals surface area contributed by atoms with E-state index < -0.39 is 0 Å². The fourth-order valence-electron chi connectivity index (χ4n) is 3.84. The Morgan fingerprint density at radius 3 is 2.84 bits per heavy atom. The molecule has 2 fully saturated rings. The number of benzene rings is 1. The summed E-state index contributed by atoms with van der Waals surface area (Å²) in [5, 5.41) is 7.11. The van der Waals surface area contributed by atoms with Gasteiger partial charge >= 0.3 is 0 Å². The fourth-order valence-corrected chi connectivity index (χ4v) is 4.65. The molecule has 1 aromatic carbocycles. The highest BCUT2D eigenvalue weighted by molar-refractivity contribution is 7.09. The van der Waals surface area contributed by atoms with Gasteiger partial charge in [-0.15, -0.1) is 11.3 Å². The van der Waals surface area contributed by atoms with Gasteiger partial charge in [0.15, 0.2) is 0 Å². The highest BCUT2D eigenvalue weighted by atomic mass is 32.1. The van der Waals surface area contributed by atoms with Gasteiger partial charge in [-0.3, -0.25) is 0 Å². The molecule has 0 unspecified atom stereocenters. The Hall–Kier alpha value is -1.27. The van der Waals surface area contributed by atoms with Gasteiger partial charge in [0.2, 0.25) is 0 Å². The number of ether oxygens (including phenoxy) is 2. The molecule has 0 bridgehead atoms. The zero-order valence-electron chi connectivity index (χ0n) is 14.6. The Bertz CT molecular complexity index is 662. The number of thiazole rings is 1. The van der Waals surface area contributed by atoms with Crippen LogP contribution in [0.4, 0.5) is 0 Å². The summed E-state index contributed by atoms with van der Waals surface area (Å²) < 4.78 is 11.6. The van der Waals surface area contributed by atoms with Crippen molar-refractivity contribution in [3.8, 4) is 11.3 Å². The smallest absolute Gasteiger partial charge is 0.0945 e. The van der Waals surface area contributed by atoms with E-state index in [2.05, 4.69) is 35.0 Å². The highest BCUT2D eigenvalue weighted by Gasteiger charge is 2.38. The molecule has 4 rings (SSSR count). The number of rotatable bonds is 5. The van der Waals surface area contributed by atoms with E-state index in [-0.39, 0.29) is 5.60 Å². The highest BCUT2D eigenvalue weighted by Crippen LogP contribution is 2.34. The molecule has 2 aromatic rings. The molecular formula is C20H26N2O2S. The molecule has 0 amide bonds. The van der Waals surface area contributed by atoms with Crippen LogP contribution in [-0.2, 0) is 15.9 Å². The molecule has 134 valence electrons. The normalized spacial score (nSPS) is 23.0.